The summed E-state index contributed by atoms with van der Waals surface area (Å²) in [5.41, 5.74) is 3.66. The molecule has 0 spiro atoms. The molecule has 6 heteroatoms. The molecule has 0 aliphatic heterocycles. The van der Waals surface area contributed by atoms with Gasteiger partial charge >= 0.3 is 5.69 Å². The Balaban J connectivity index is 3.79. The Morgan fingerprint density at radius 1 is 1.58 bits per heavy atom. The Hall–Kier alpha value is -2.03. The van der Waals surface area contributed by atoms with Gasteiger partial charge in [0.05, 0.1) is 0 Å². The Bertz CT molecular complexity index is 462. The highest BCUT2D eigenvalue weighted by Crippen LogP contribution is 1.94. The molecule has 0 amide bonds. The van der Waals surface area contributed by atoms with Crippen molar-refractivity contribution >= 4 is 5.82 Å². The molecule has 0 saturated heterocycles. The van der Waals surface area contributed by atoms with Crippen molar-refractivity contribution in [3.63, 3.8) is 0 Å². The van der Waals surface area contributed by atoms with Crippen LogP contribution >= 0.6 is 0 Å². The van der Waals surface area contributed by atoms with Gasteiger partial charge in [0.15, 0.2) is 5.56 Å². The number of H-pyrrole nitrogens is 1. The van der Waals surface area contributed by atoms with Crippen LogP contribution in [0.3, 0.4) is 0 Å². The lowest BCUT2D eigenvalue weighted by Gasteiger charge is -1.98. The number of aromatic nitrogens is 2. The van der Waals surface area contributed by atoms with Gasteiger partial charge in [0.1, 0.15) is 11.9 Å². The molecule has 0 bridgehead atoms. The van der Waals surface area contributed by atoms with Crippen LogP contribution in [0, 0.1) is 11.3 Å². The molecule has 0 aliphatic carbocycles. The third-order valence-corrected chi connectivity index (χ3v) is 1.45. The van der Waals surface area contributed by atoms with Crippen molar-refractivity contribution in [1.82, 2.24) is 9.55 Å². The number of aromatic amines is 1. The minimum atomic E-state index is -0.682. The quantitative estimate of drug-likeness (QED) is 0.490. The molecule has 1 aromatic heterocycles. The van der Waals surface area contributed by atoms with Crippen LogP contribution in [0.15, 0.2) is 9.59 Å². The fourth-order valence-corrected chi connectivity index (χ4v) is 0.745. The van der Waals surface area contributed by atoms with E-state index in [1.54, 1.807) is 6.07 Å². The van der Waals surface area contributed by atoms with Gasteiger partial charge in [-0.2, -0.15) is 5.26 Å². The first kappa shape index (κ1) is 8.07. The minimum Gasteiger partial charge on any atom is -0.384 e. The average Bonchev–Trinajstić information content (AvgIpc) is 2.01. The molecule has 0 radical (unpaired) electrons. The van der Waals surface area contributed by atoms with E-state index in [-0.39, 0.29) is 11.4 Å². The van der Waals surface area contributed by atoms with Gasteiger partial charge in [-0.1, -0.05) is 0 Å². The molecule has 0 unspecified atom stereocenters. The van der Waals surface area contributed by atoms with Gasteiger partial charge in [-0.15, -0.1) is 0 Å². The molecule has 0 saturated carbocycles. The SMILES string of the molecule is Cn1c(=O)[nH]c(N)c(C#N)c1=O. The average molecular weight is 166 g/mol. The number of hydrogen-bond acceptors (Lipinski definition) is 4. The van der Waals surface area contributed by atoms with Crippen LogP contribution < -0.4 is 17.0 Å². The standard InChI is InChI=1S/C6H6N4O2/c1-10-5(11)3(2-7)4(8)9-6(10)12/h8H2,1H3,(H,9,12). The molecule has 0 fully saturated rings. The summed E-state index contributed by atoms with van der Waals surface area (Å²) in [5, 5.41) is 8.45. The van der Waals surface area contributed by atoms with Gasteiger partial charge in [0.25, 0.3) is 5.56 Å². The van der Waals surface area contributed by atoms with E-state index in [0.717, 1.165) is 4.57 Å². The van der Waals surface area contributed by atoms with Crippen molar-refractivity contribution in [2.24, 2.45) is 7.05 Å². The van der Waals surface area contributed by atoms with E-state index in [4.69, 9.17) is 11.0 Å². The highest BCUT2D eigenvalue weighted by Gasteiger charge is 2.07. The number of rotatable bonds is 0. The Morgan fingerprint density at radius 2 is 2.17 bits per heavy atom. The Kier molecular flexibility index (Phi) is 1.71. The second-order valence-corrected chi connectivity index (χ2v) is 2.19. The van der Waals surface area contributed by atoms with Crippen LogP contribution in [0.2, 0.25) is 0 Å². The molecular weight excluding hydrogens is 160 g/mol. The van der Waals surface area contributed by atoms with Crippen molar-refractivity contribution < 1.29 is 0 Å². The topological polar surface area (TPSA) is 105 Å². The van der Waals surface area contributed by atoms with Gasteiger partial charge in [-0.25, -0.2) is 4.79 Å². The lowest BCUT2D eigenvalue weighted by molar-refractivity contribution is 0.775. The number of nitrogens with zero attached hydrogens (tertiary/aromatic N) is 2. The van der Waals surface area contributed by atoms with Gasteiger partial charge in [-0.05, 0) is 0 Å². The molecule has 1 rings (SSSR count). The van der Waals surface area contributed by atoms with Gasteiger partial charge in [0.2, 0.25) is 0 Å². The van der Waals surface area contributed by atoms with E-state index >= 15 is 0 Å². The van der Waals surface area contributed by atoms with Crippen LogP contribution in [0.4, 0.5) is 5.82 Å². The normalized spacial score (nSPS) is 9.33. The van der Waals surface area contributed by atoms with Gasteiger partial charge < -0.3 is 5.73 Å². The zero-order valence-corrected chi connectivity index (χ0v) is 6.29. The zero-order valence-electron chi connectivity index (χ0n) is 6.29. The predicted molar refractivity (Wildman–Crippen MR) is 41.4 cm³/mol. The van der Waals surface area contributed by atoms with E-state index < -0.39 is 11.2 Å². The Labute approximate surface area is 66.9 Å². The molecule has 6 nitrogen and oxygen atoms in total. The number of hydrogen-bond donors (Lipinski definition) is 2. The molecule has 62 valence electrons. The molecule has 0 aliphatic rings. The second-order valence-electron chi connectivity index (χ2n) is 2.19. The van der Waals surface area contributed by atoms with E-state index in [1.807, 2.05) is 0 Å². The van der Waals surface area contributed by atoms with E-state index in [1.165, 1.54) is 7.05 Å². The summed E-state index contributed by atoms with van der Waals surface area (Å²) >= 11 is 0. The molecule has 1 aromatic rings. The summed E-state index contributed by atoms with van der Waals surface area (Å²) in [7, 11) is 1.27. The fourth-order valence-electron chi connectivity index (χ4n) is 0.745. The van der Waals surface area contributed by atoms with Gasteiger partial charge in [0, 0.05) is 7.05 Å². The highest BCUT2D eigenvalue weighted by atomic mass is 16.2. The second kappa shape index (κ2) is 2.54. The first-order valence-corrected chi connectivity index (χ1v) is 3.06. The number of nitrogens with one attached hydrogen (secondary N) is 1. The lowest BCUT2D eigenvalue weighted by Crippen LogP contribution is -2.35. The third-order valence-electron chi connectivity index (χ3n) is 1.45. The highest BCUT2D eigenvalue weighted by molar-refractivity contribution is 5.45. The summed E-state index contributed by atoms with van der Waals surface area (Å²) in [6.45, 7) is 0. The number of anilines is 1. The molecule has 0 aromatic carbocycles. The largest absolute Gasteiger partial charge is 0.384 e. The Morgan fingerprint density at radius 3 is 2.67 bits per heavy atom. The number of nitrogen functional groups attached to an aromatic ring is 1. The van der Waals surface area contributed by atoms with Crippen molar-refractivity contribution in [3.8, 4) is 6.07 Å². The third kappa shape index (κ3) is 0.971. The van der Waals surface area contributed by atoms with Crippen LogP contribution in [0.5, 0.6) is 0 Å². The molecule has 12 heavy (non-hydrogen) atoms. The summed E-state index contributed by atoms with van der Waals surface area (Å²) in [4.78, 5) is 24.1. The van der Waals surface area contributed by atoms with Crippen molar-refractivity contribution in [2.75, 3.05) is 5.73 Å². The molecular formula is C6H6N4O2. The summed E-state index contributed by atoms with van der Waals surface area (Å²) in [6.07, 6.45) is 0. The van der Waals surface area contributed by atoms with Crippen LogP contribution in [0.25, 0.3) is 0 Å². The summed E-state index contributed by atoms with van der Waals surface area (Å²) in [6, 6.07) is 1.60. The lowest BCUT2D eigenvalue weighted by atomic mass is 10.3. The molecule has 0 atom stereocenters. The smallest absolute Gasteiger partial charge is 0.329 e. The van der Waals surface area contributed by atoms with Crippen molar-refractivity contribution in [3.05, 3.63) is 26.4 Å². The first-order chi connectivity index (χ1) is 5.57. The van der Waals surface area contributed by atoms with Crippen molar-refractivity contribution in [1.29, 1.82) is 5.26 Å². The van der Waals surface area contributed by atoms with E-state index in [9.17, 15) is 9.59 Å². The monoisotopic (exact) mass is 166 g/mol. The van der Waals surface area contributed by atoms with Crippen molar-refractivity contribution in [2.45, 2.75) is 0 Å². The van der Waals surface area contributed by atoms with E-state index in [2.05, 4.69) is 4.98 Å². The van der Waals surface area contributed by atoms with Crippen LogP contribution in [-0.4, -0.2) is 9.55 Å². The fraction of sp³-hybridized carbons (Fsp3) is 0.167. The first-order valence-electron chi connectivity index (χ1n) is 3.06. The van der Waals surface area contributed by atoms with E-state index in [0.29, 0.717) is 0 Å². The maximum Gasteiger partial charge on any atom is 0.329 e. The predicted octanol–water partition coefficient (Wildman–Crippen LogP) is -1.47. The maximum absolute atomic E-state index is 11.1. The zero-order chi connectivity index (χ0) is 9.30. The van der Waals surface area contributed by atoms with Crippen LogP contribution in [0.1, 0.15) is 5.56 Å². The van der Waals surface area contributed by atoms with Gasteiger partial charge in [-0.3, -0.25) is 14.3 Å². The summed E-state index contributed by atoms with van der Waals surface area (Å²) < 4.78 is 0.787. The number of nitrogens with two attached hydrogens (primary N) is 1. The molecule has 3 N–H and O–H groups in total. The maximum atomic E-state index is 11.1. The molecule has 1 heterocycles. The van der Waals surface area contributed by atoms with Crippen LogP contribution in [-0.2, 0) is 7.05 Å². The summed E-state index contributed by atoms with van der Waals surface area (Å²) in [5.74, 6) is -0.189. The number of nitriles is 1. The minimum absolute atomic E-state index is 0.189.